The molecule has 2 N–H and O–H groups in total. The van der Waals surface area contributed by atoms with E-state index in [2.05, 4.69) is 17.0 Å². The van der Waals surface area contributed by atoms with Gasteiger partial charge in [0.25, 0.3) is 0 Å². The fourth-order valence-electron chi connectivity index (χ4n) is 2.42. The van der Waals surface area contributed by atoms with Crippen LogP contribution in [0.4, 0.5) is 4.39 Å². The topological polar surface area (TPSA) is 58.2 Å². The summed E-state index contributed by atoms with van der Waals surface area (Å²) >= 11 is 1.78. The SMILES string of the molecule is CNCc1ccc(F)cc1S(=O)(=O)NCC1(C)CCCS1. The first-order chi connectivity index (χ1) is 9.86. The van der Waals surface area contributed by atoms with Gasteiger partial charge in [0.05, 0.1) is 4.90 Å². The summed E-state index contributed by atoms with van der Waals surface area (Å²) in [5.41, 5.74) is 0.565. The molecule has 0 spiro atoms. The van der Waals surface area contributed by atoms with Crippen LogP contribution in [0.3, 0.4) is 0 Å². The first-order valence-electron chi connectivity index (χ1n) is 6.93. The third kappa shape index (κ3) is 4.18. The highest BCUT2D eigenvalue weighted by Gasteiger charge is 2.31. The Hall–Kier alpha value is -0.630. The van der Waals surface area contributed by atoms with Crippen molar-refractivity contribution in [2.75, 3.05) is 19.3 Å². The highest BCUT2D eigenvalue weighted by Crippen LogP contribution is 2.37. The van der Waals surface area contributed by atoms with Gasteiger partial charge in [-0.15, -0.1) is 0 Å². The Morgan fingerprint density at radius 3 is 2.81 bits per heavy atom. The van der Waals surface area contributed by atoms with Crippen LogP contribution in [0.25, 0.3) is 0 Å². The summed E-state index contributed by atoms with van der Waals surface area (Å²) in [6, 6.07) is 3.87. The minimum Gasteiger partial charge on any atom is -0.316 e. The molecule has 21 heavy (non-hydrogen) atoms. The first kappa shape index (κ1) is 16.7. The minimum atomic E-state index is -3.70. The third-order valence-corrected chi connectivity index (χ3v) is 6.64. The van der Waals surface area contributed by atoms with Crippen LogP contribution in [0.15, 0.2) is 23.1 Å². The van der Waals surface area contributed by atoms with Gasteiger partial charge in [-0.05, 0) is 50.3 Å². The molecule has 1 unspecified atom stereocenters. The van der Waals surface area contributed by atoms with E-state index in [9.17, 15) is 12.8 Å². The second-order valence-electron chi connectivity index (χ2n) is 5.51. The van der Waals surface area contributed by atoms with Crippen molar-refractivity contribution in [3.8, 4) is 0 Å². The standard InChI is InChI=1S/C14H21FN2O2S2/c1-14(6-3-7-20-14)10-17-21(18,19)13-8-12(15)5-4-11(13)9-16-2/h4-5,8,16-17H,3,6-7,9-10H2,1-2H3. The van der Waals surface area contributed by atoms with Gasteiger partial charge in [0.1, 0.15) is 5.82 Å². The number of thioether (sulfide) groups is 1. The number of nitrogens with one attached hydrogen (secondary N) is 2. The summed E-state index contributed by atoms with van der Waals surface area (Å²) in [6.45, 7) is 2.81. The van der Waals surface area contributed by atoms with Crippen molar-refractivity contribution < 1.29 is 12.8 Å². The van der Waals surface area contributed by atoms with Gasteiger partial charge in [0, 0.05) is 17.8 Å². The van der Waals surface area contributed by atoms with Crippen LogP contribution in [0.2, 0.25) is 0 Å². The van der Waals surface area contributed by atoms with Crippen molar-refractivity contribution in [3.63, 3.8) is 0 Å². The summed E-state index contributed by atoms with van der Waals surface area (Å²) in [4.78, 5) is 0.0171. The zero-order valence-electron chi connectivity index (χ0n) is 12.3. The molecule has 1 aromatic carbocycles. The lowest BCUT2D eigenvalue weighted by molar-refractivity contribution is 0.549. The van der Waals surface area contributed by atoms with E-state index in [0.29, 0.717) is 18.7 Å². The molecule has 1 aliphatic rings. The van der Waals surface area contributed by atoms with Gasteiger partial charge in [-0.1, -0.05) is 6.07 Å². The number of sulfonamides is 1. The monoisotopic (exact) mass is 332 g/mol. The molecule has 0 saturated carbocycles. The van der Waals surface area contributed by atoms with Crippen molar-refractivity contribution in [2.24, 2.45) is 0 Å². The van der Waals surface area contributed by atoms with Crippen LogP contribution < -0.4 is 10.0 Å². The maximum atomic E-state index is 13.4. The fourth-order valence-corrected chi connectivity index (χ4v) is 5.17. The zero-order chi connectivity index (χ0) is 15.5. The number of halogens is 1. The highest BCUT2D eigenvalue weighted by atomic mass is 32.2. The molecular weight excluding hydrogens is 311 g/mol. The van der Waals surface area contributed by atoms with E-state index in [-0.39, 0.29) is 9.64 Å². The average molecular weight is 332 g/mol. The van der Waals surface area contributed by atoms with Gasteiger partial charge in [-0.3, -0.25) is 0 Å². The van der Waals surface area contributed by atoms with Crippen LogP contribution in [0.5, 0.6) is 0 Å². The molecule has 0 radical (unpaired) electrons. The molecular formula is C14H21FN2O2S2. The lowest BCUT2D eigenvalue weighted by Crippen LogP contribution is -2.37. The number of rotatable bonds is 6. The van der Waals surface area contributed by atoms with E-state index in [4.69, 9.17) is 0 Å². The maximum Gasteiger partial charge on any atom is 0.241 e. The number of hydrogen-bond donors (Lipinski definition) is 2. The quantitative estimate of drug-likeness (QED) is 0.838. The molecule has 0 amide bonds. The summed E-state index contributed by atoms with van der Waals surface area (Å²) < 4.78 is 40.9. The largest absolute Gasteiger partial charge is 0.316 e. The van der Waals surface area contributed by atoms with Gasteiger partial charge in [-0.2, -0.15) is 11.8 Å². The van der Waals surface area contributed by atoms with Crippen molar-refractivity contribution in [3.05, 3.63) is 29.6 Å². The molecule has 1 fully saturated rings. The van der Waals surface area contributed by atoms with Gasteiger partial charge in [0.15, 0.2) is 0 Å². The van der Waals surface area contributed by atoms with E-state index in [1.165, 1.54) is 12.1 Å². The Kier molecular flexibility index (Phi) is 5.29. The highest BCUT2D eigenvalue weighted by molar-refractivity contribution is 8.01. The Labute approximate surface area is 129 Å². The summed E-state index contributed by atoms with van der Waals surface area (Å²) in [7, 11) is -1.98. The van der Waals surface area contributed by atoms with E-state index in [1.807, 2.05) is 0 Å². The second kappa shape index (κ2) is 6.64. The molecule has 118 valence electrons. The van der Waals surface area contributed by atoms with Gasteiger partial charge >= 0.3 is 0 Å². The van der Waals surface area contributed by atoms with Crippen LogP contribution in [-0.2, 0) is 16.6 Å². The third-order valence-electron chi connectivity index (χ3n) is 3.62. The Balaban J connectivity index is 2.20. The molecule has 1 aliphatic heterocycles. The smallest absolute Gasteiger partial charge is 0.241 e. The molecule has 1 aromatic rings. The predicted octanol–water partition coefficient (Wildman–Crippen LogP) is 2.11. The Morgan fingerprint density at radius 1 is 1.43 bits per heavy atom. The number of benzene rings is 1. The van der Waals surface area contributed by atoms with E-state index < -0.39 is 15.8 Å². The Bertz CT molecular complexity index is 599. The predicted molar refractivity (Wildman–Crippen MR) is 84.4 cm³/mol. The molecule has 1 heterocycles. The molecule has 1 saturated heterocycles. The van der Waals surface area contributed by atoms with Crippen molar-refractivity contribution in [1.29, 1.82) is 0 Å². The second-order valence-corrected chi connectivity index (χ2v) is 8.93. The van der Waals surface area contributed by atoms with Gasteiger partial charge in [-0.25, -0.2) is 17.5 Å². The molecule has 2 rings (SSSR count). The molecule has 4 nitrogen and oxygen atoms in total. The molecule has 7 heteroatoms. The molecule has 0 bridgehead atoms. The summed E-state index contributed by atoms with van der Waals surface area (Å²) in [5, 5.41) is 2.90. The van der Waals surface area contributed by atoms with E-state index >= 15 is 0 Å². The van der Waals surface area contributed by atoms with E-state index in [1.54, 1.807) is 18.8 Å². The van der Waals surface area contributed by atoms with Crippen LogP contribution in [-0.4, -0.2) is 32.5 Å². The molecule has 0 aromatic heterocycles. The lowest BCUT2D eigenvalue weighted by Gasteiger charge is -2.23. The van der Waals surface area contributed by atoms with E-state index in [0.717, 1.165) is 24.7 Å². The van der Waals surface area contributed by atoms with Gasteiger partial charge in [0.2, 0.25) is 10.0 Å². The lowest BCUT2D eigenvalue weighted by atomic mass is 10.1. The first-order valence-corrected chi connectivity index (χ1v) is 9.40. The molecule has 0 aliphatic carbocycles. The zero-order valence-corrected chi connectivity index (χ0v) is 13.9. The van der Waals surface area contributed by atoms with Crippen molar-refractivity contribution >= 4 is 21.8 Å². The fraction of sp³-hybridized carbons (Fsp3) is 0.571. The van der Waals surface area contributed by atoms with Crippen molar-refractivity contribution in [2.45, 2.75) is 36.0 Å². The Morgan fingerprint density at radius 2 is 2.19 bits per heavy atom. The van der Waals surface area contributed by atoms with Crippen LogP contribution in [0.1, 0.15) is 25.3 Å². The van der Waals surface area contributed by atoms with Crippen LogP contribution >= 0.6 is 11.8 Å². The molecule has 1 atom stereocenters. The summed E-state index contributed by atoms with van der Waals surface area (Å²) in [6.07, 6.45) is 2.10. The normalized spacial score (nSPS) is 22.6. The van der Waals surface area contributed by atoms with Crippen molar-refractivity contribution in [1.82, 2.24) is 10.0 Å². The summed E-state index contributed by atoms with van der Waals surface area (Å²) in [5.74, 6) is 0.514. The average Bonchev–Trinajstić information content (AvgIpc) is 2.87. The minimum absolute atomic E-state index is 0.0171. The van der Waals surface area contributed by atoms with Gasteiger partial charge < -0.3 is 5.32 Å². The number of hydrogen-bond acceptors (Lipinski definition) is 4. The van der Waals surface area contributed by atoms with Crippen LogP contribution in [0, 0.1) is 5.82 Å². The maximum absolute atomic E-state index is 13.4.